The van der Waals surface area contributed by atoms with Gasteiger partial charge in [-0.25, -0.2) is 8.42 Å². The van der Waals surface area contributed by atoms with Crippen LogP contribution >= 0.6 is 11.6 Å². The lowest BCUT2D eigenvalue weighted by Crippen LogP contribution is -2.36. The van der Waals surface area contributed by atoms with Crippen molar-refractivity contribution in [2.75, 3.05) is 6.54 Å². The number of aryl methyl sites for hydroxylation is 1. The molecule has 1 aliphatic heterocycles. The van der Waals surface area contributed by atoms with Gasteiger partial charge in [0.15, 0.2) is 0 Å². The van der Waals surface area contributed by atoms with Gasteiger partial charge in [-0.3, -0.25) is 0 Å². The Morgan fingerprint density at radius 2 is 1.75 bits per heavy atom. The molecule has 0 fully saturated rings. The number of para-hydroxylation sites is 1. The minimum absolute atomic E-state index is 0.288. The predicted octanol–water partition coefficient (Wildman–Crippen LogP) is 3.58. The molecule has 0 spiro atoms. The van der Waals surface area contributed by atoms with E-state index in [-0.39, 0.29) is 4.90 Å². The van der Waals surface area contributed by atoms with E-state index in [1.807, 2.05) is 19.2 Å². The molecule has 6 heteroatoms. The minimum atomic E-state index is -3.52. The van der Waals surface area contributed by atoms with Crippen molar-refractivity contribution >= 4 is 32.5 Å². The van der Waals surface area contributed by atoms with Crippen LogP contribution in [0.25, 0.3) is 10.9 Å². The normalized spacial score (nSPS) is 15.6. The number of rotatable bonds is 2. The molecule has 4 rings (SSSR count). The first-order valence-electron chi connectivity index (χ1n) is 7.79. The summed E-state index contributed by atoms with van der Waals surface area (Å²) < 4.78 is 29.6. The number of halogens is 1. The Kier molecular flexibility index (Phi) is 3.67. The summed E-state index contributed by atoms with van der Waals surface area (Å²) in [5, 5.41) is 1.66. The van der Waals surface area contributed by atoms with E-state index in [0.717, 1.165) is 16.5 Å². The van der Waals surface area contributed by atoms with Crippen molar-refractivity contribution in [1.82, 2.24) is 8.87 Å². The number of hydrogen-bond acceptors (Lipinski definition) is 2. The second-order valence-corrected chi connectivity index (χ2v) is 8.42. The fourth-order valence-corrected chi connectivity index (χ4v) is 5.00. The van der Waals surface area contributed by atoms with E-state index in [4.69, 9.17) is 11.6 Å². The Morgan fingerprint density at radius 1 is 1.04 bits per heavy atom. The summed E-state index contributed by atoms with van der Waals surface area (Å²) in [6, 6.07) is 14.5. The van der Waals surface area contributed by atoms with Crippen LogP contribution in [0.15, 0.2) is 53.4 Å². The lowest BCUT2D eigenvalue weighted by Gasteiger charge is -2.27. The van der Waals surface area contributed by atoms with Crippen LogP contribution in [0.1, 0.15) is 11.3 Å². The third kappa shape index (κ3) is 2.35. The van der Waals surface area contributed by atoms with Gasteiger partial charge < -0.3 is 4.57 Å². The van der Waals surface area contributed by atoms with Gasteiger partial charge in [0.1, 0.15) is 0 Å². The van der Waals surface area contributed by atoms with Crippen LogP contribution in [0.4, 0.5) is 0 Å². The summed E-state index contributed by atoms with van der Waals surface area (Å²) in [5.41, 5.74) is 3.48. The highest BCUT2D eigenvalue weighted by Crippen LogP contribution is 2.32. The van der Waals surface area contributed by atoms with E-state index in [2.05, 4.69) is 16.7 Å². The molecule has 0 saturated heterocycles. The SMILES string of the molecule is Cn1c2c(c3ccccc31)CN(S(=O)(=O)c1ccc(Cl)cc1)CC2. The summed E-state index contributed by atoms with van der Waals surface area (Å²) in [5.74, 6) is 0. The predicted molar refractivity (Wildman–Crippen MR) is 95.7 cm³/mol. The second kappa shape index (κ2) is 5.62. The van der Waals surface area contributed by atoms with Gasteiger partial charge in [-0.05, 0) is 35.9 Å². The van der Waals surface area contributed by atoms with Crippen molar-refractivity contribution in [2.24, 2.45) is 7.05 Å². The second-order valence-electron chi connectivity index (χ2n) is 6.04. The standard InChI is InChI=1S/C18H17ClN2O2S/c1-20-17-5-3-2-4-15(17)16-12-21(11-10-18(16)20)24(22,23)14-8-6-13(19)7-9-14/h2-9H,10-12H2,1H3. The van der Waals surface area contributed by atoms with E-state index in [1.54, 1.807) is 28.6 Å². The number of hydrogen-bond donors (Lipinski definition) is 0. The molecule has 2 aromatic carbocycles. The molecular formula is C18H17ClN2O2S. The maximum atomic E-state index is 12.9. The fourth-order valence-electron chi connectivity index (χ4n) is 3.47. The van der Waals surface area contributed by atoms with Crippen molar-refractivity contribution in [2.45, 2.75) is 17.9 Å². The van der Waals surface area contributed by atoms with E-state index in [0.29, 0.717) is 24.5 Å². The van der Waals surface area contributed by atoms with Gasteiger partial charge in [-0.2, -0.15) is 4.31 Å². The van der Waals surface area contributed by atoms with Crippen LogP contribution < -0.4 is 0 Å². The Hall–Kier alpha value is -1.82. The van der Waals surface area contributed by atoms with Gasteiger partial charge >= 0.3 is 0 Å². The van der Waals surface area contributed by atoms with Crippen molar-refractivity contribution in [3.05, 3.63) is 64.8 Å². The number of benzene rings is 2. The van der Waals surface area contributed by atoms with Crippen molar-refractivity contribution in [3.8, 4) is 0 Å². The first-order valence-corrected chi connectivity index (χ1v) is 9.61. The average Bonchev–Trinajstić information content (AvgIpc) is 2.88. The summed E-state index contributed by atoms with van der Waals surface area (Å²) >= 11 is 5.87. The molecule has 124 valence electrons. The van der Waals surface area contributed by atoms with Gasteiger partial charge in [0.2, 0.25) is 10.0 Å². The van der Waals surface area contributed by atoms with E-state index in [9.17, 15) is 8.42 Å². The third-order valence-electron chi connectivity index (χ3n) is 4.73. The van der Waals surface area contributed by atoms with Gasteiger partial charge in [0, 0.05) is 48.2 Å². The highest BCUT2D eigenvalue weighted by atomic mass is 35.5. The average molecular weight is 361 g/mol. The zero-order chi connectivity index (χ0) is 16.9. The molecule has 0 N–H and O–H groups in total. The Labute approximate surface area is 146 Å². The zero-order valence-corrected chi connectivity index (χ0v) is 14.8. The van der Waals surface area contributed by atoms with E-state index in [1.165, 1.54) is 5.69 Å². The Bertz CT molecular complexity index is 1020. The van der Waals surface area contributed by atoms with Crippen LogP contribution in [-0.4, -0.2) is 23.8 Å². The highest BCUT2D eigenvalue weighted by molar-refractivity contribution is 7.89. The van der Waals surface area contributed by atoms with Crippen LogP contribution in [0.3, 0.4) is 0 Å². The monoisotopic (exact) mass is 360 g/mol. The Balaban J connectivity index is 1.76. The lowest BCUT2D eigenvalue weighted by atomic mass is 10.1. The largest absolute Gasteiger partial charge is 0.347 e. The molecule has 3 aromatic rings. The zero-order valence-electron chi connectivity index (χ0n) is 13.2. The molecule has 0 radical (unpaired) electrons. The maximum absolute atomic E-state index is 12.9. The first kappa shape index (κ1) is 15.7. The van der Waals surface area contributed by atoms with Gasteiger partial charge in [-0.1, -0.05) is 29.8 Å². The van der Waals surface area contributed by atoms with Crippen LogP contribution in [-0.2, 0) is 30.0 Å². The fraction of sp³-hybridized carbons (Fsp3) is 0.222. The highest BCUT2D eigenvalue weighted by Gasteiger charge is 2.31. The molecule has 4 nitrogen and oxygen atoms in total. The van der Waals surface area contributed by atoms with Gasteiger partial charge in [0.05, 0.1) is 4.90 Å². The van der Waals surface area contributed by atoms with Crippen molar-refractivity contribution in [1.29, 1.82) is 0 Å². The Morgan fingerprint density at radius 3 is 2.50 bits per heavy atom. The van der Waals surface area contributed by atoms with E-state index >= 15 is 0 Å². The molecular weight excluding hydrogens is 344 g/mol. The molecule has 0 atom stereocenters. The van der Waals surface area contributed by atoms with Crippen LogP contribution in [0.5, 0.6) is 0 Å². The quantitative estimate of drug-likeness (QED) is 0.701. The molecule has 0 saturated carbocycles. The maximum Gasteiger partial charge on any atom is 0.243 e. The van der Waals surface area contributed by atoms with Crippen LogP contribution in [0.2, 0.25) is 5.02 Å². The number of fused-ring (bicyclic) bond motifs is 3. The molecule has 1 aromatic heterocycles. The van der Waals surface area contributed by atoms with Crippen molar-refractivity contribution in [3.63, 3.8) is 0 Å². The van der Waals surface area contributed by atoms with Crippen LogP contribution in [0, 0.1) is 0 Å². The van der Waals surface area contributed by atoms with Gasteiger partial charge in [0.25, 0.3) is 0 Å². The molecule has 0 unspecified atom stereocenters. The number of sulfonamides is 1. The summed E-state index contributed by atoms with van der Waals surface area (Å²) in [6.45, 7) is 0.893. The smallest absolute Gasteiger partial charge is 0.243 e. The molecule has 1 aliphatic rings. The molecule has 0 aliphatic carbocycles. The summed E-state index contributed by atoms with van der Waals surface area (Å²) in [6.07, 6.45) is 0.716. The molecule has 0 amide bonds. The molecule has 0 bridgehead atoms. The van der Waals surface area contributed by atoms with Crippen molar-refractivity contribution < 1.29 is 8.42 Å². The summed E-state index contributed by atoms with van der Waals surface area (Å²) in [7, 11) is -1.47. The topological polar surface area (TPSA) is 42.3 Å². The lowest BCUT2D eigenvalue weighted by molar-refractivity contribution is 0.388. The first-order chi connectivity index (χ1) is 11.5. The van der Waals surface area contributed by atoms with E-state index < -0.39 is 10.0 Å². The van der Waals surface area contributed by atoms with Gasteiger partial charge in [-0.15, -0.1) is 0 Å². The third-order valence-corrected chi connectivity index (χ3v) is 6.84. The minimum Gasteiger partial charge on any atom is -0.347 e. The number of nitrogens with zero attached hydrogens (tertiary/aromatic N) is 2. The molecule has 2 heterocycles. The summed E-state index contributed by atoms with van der Waals surface area (Å²) in [4.78, 5) is 0.288. The molecule has 24 heavy (non-hydrogen) atoms. The number of aromatic nitrogens is 1.